The zero-order valence-corrected chi connectivity index (χ0v) is 13.1. The Morgan fingerprint density at radius 1 is 1.14 bits per heavy atom. The number of rotatable bonds is 5. The predicted molar refractivity (Wildman–Crippen MR) is 74.4 cm³/mol. The van der Waals surface area contributed by atoms with Crippen LogP contribution in [0.5, 0.6) is 0 Å². The predicted octanol–water partition coefficient (Wildman–Crippen LogP) is 3.12. The number of hydrogen-bond donors (Lipinski definition) is 0. The van der Waals surface area contributed by atoms with E-state index in [-0.39, 0.29) is 22.7 Å². The number of halogens is 3. The first-order valence-electron chi connectivity index (χ1n) is 6.95. The Balaban J connectivity index is 2.29. The topological polar surface area (TPSA) is 60.4 Å². The summed E-state index contributed by atoms with van der Waals surface area (Å²) in [6.07, 6.45) is 5.56. The van der Waals surface area contributed by atoms with E-state index in [1.807, 2.05) is 0 Å². The molecule has 0 aromatic carbocycles. The first-order chi connectivity index (χ1) is 9.72. The van der Waals surface area contributed by atoms with Crippen molar-refractivity contribution >= 4 is 26.7 Å². The third-order valence-corrected chi connectivity index (χ3v) is 10.1. The summed E-state index contributed by atoms with van der Waals surface area (Å²) in [5.74, 6) is 0.233. The summed E-state index contributed by atoms with van der Waals surface area (Å²) in [6.45, 7) is 0. The van der Waals surface area contributed by atoms with Crippen molar-refractivity contribution in [2.45, 2.75) is 49.3 Å². The minimum absolute atomic E-state index is 0.186. The number of hydrogen-bond acceptors (Lipinski definition) is 4. The molecular weight excluding hydrogens is 329 g/mol. The summed E-state index contributed by atoms with van der Waals surface area (Å²) in [7, 11) is -8.20. The summed E-state index contributed by atoms with van der Waals surface area (Å²) < 4.78 is 65.4. The molecule has 2 atom stereocenters. The molecule has 124 valence electrons. The average molecular weight is 348 g/mol. The molecule has 2 rings (SSSR count). The van der Waals surface area contributed by atoms with Crippen LogP contribution in [-0.4, -0.2) is 37.0 Å². The van der Waals surface area contributed by atoms with Crippen LogP contribution >= 0.6 is 10.3 Å². The monoisotopic (exact) mass is 348 g/mol. The lowest BCUT2D eigenvalue weighted by Gasteiger charge is -2.41. The van der Waals surface area contributed by atoms with Crippen LogP contribution in [0.15, 0.2) is 0 Å². The van der Waals surface area contributed by atoms with Gasteiger partial charge in [0.2, 0.25) is 0 Å². The van der Waals surface area contributed by atoms with Crippen LogP contribution in [0.25, 0.3) is 0 Å². The average Bonchev–Trinajstić information content (AvgIpc) is 2.96. The van der Waals surface area contributed by atoms with Crippen LogP contribution in [0.3, 0.4) is 0 Å². The van der Waals surface area contributed by atoms with Crippen LogP contribution < -0.4 is 0 Å². The fraction of sp³-hybridized carbons (Fsp3) is 0.917. The van der Waals surface area contributed by atoms with Gasteiger partial charge in [-0.25, -0.2) is 3.63 Å². The van der Waals surface area contributed by atoms with E-state index in [2.05, 4.69) is 0 Å². The van der Waals surface area contributed by atoms with Gasteiger partial charge < -0.3 is 4.79 Å². The Kier molecular flexibility index (Phi) is 4.94. The van der Waals surface area contributed by atoms with E-state index in [1.165, 1.54) is 0 Å². The van der Waals surface area contributed by atoms with Crippen molar-refractivity contribution < 1.29 is 30.0 Å². The molecule has 2 unspecified atom stereocenters. The van der Waals surface area contributed by atoms with Crippen molar-refractivity contribution in [2.75, 3.05) is 11.5 Å². The van der Waals surface area contributed by atoms with E-state index in [4.69, 9.17) is 3.63 Å². The van der Waals surface area contributed by atoms with E-state index >= 15 is 0 Å². The van der Waals surface area contributed by atoms with Gasteiger partial charge in [-0.2, -0.15) is 21.6 Å². The Morgan fingerprint density at radius 2 is 1.76 bits per heavy atom. The maximum atomic E-state index is 12.6. The third kappa shape index (κ3) is 3.39. The number of aldehydes is 1. The van der Waals surface area contributed by atoms with E-state index in [1.54, 1.807) is 0 Å². The molecule has 2 aliphatic rings. The zero-order chi connectivity index (χ0) is 15.7. The van der Waals surface area contributed by atoms with Crippen LogP contribution in [0.1, 0.15) is 38.5 Å². The number of carbonyl (C=O) groups excluding carboxylic acids is 1. The quantitative estimate of drug-likeness (QED) is 0.566. The van der Waals surface area contributed by atoms with Crippen LogP contribution in [0, 0.1) is 5.92 Å². The number of alkyl halides is 3. The van der Waals surface area contributed by atoms with Gasteiger partial charge in [-0.05, 0) is 31.6 Å². The molecule has 0 amide bonds. The molecule has 0 radical (unpaired) electrons. The molecule has 1 saturated carbocycles. The SMILES string of the molecule is O=CCS1(OS(=O)(=O)C(F)(F)F)CCCC1C1CCCC1. The molecule has 0 N–H and O–H groups in total. The molecule has 1 aliphatic carbocycles. The van der Waals surface area contributed by atoms with Crippen molar-refractivity contribution in [3.63, 3.8) is 0 Å². The maximum Gasteiger partial charge on any atom is 0.523 e. The minimum Gasteiger partial charge on any atom is -0.302 e. The lowest BCUT2D eigenvalue weighted by Crippen LogP contribution is -2.33. The molecule has 1 heterocycles. The van der Waals surface area contributed by atoms with Crippen molar-refractivity contribution in [1.29, 1.82) is 0 Å². The summed E-state index contributed by atoms with van der Waals surface area (Å²) in [5, 5.41) is -0.206. The van der Waals surface area contributed by atoms with Gasteiger partial charge in [-0.15, -0.1) is 10.3 Å². The highest BCUT2D eigenvalue weighted by atomic mass is 32.3. The first-order valence-corrected chi connectivity index (χ1v) is 10.3. The lowest BCUT2D eigenvalue weighted by atomic mass is 10.0. The molecule has 0 aromatic heterocycles. The largest absolute Gasteiger partial charge is 0.523 e. The highest BCUT2D eigenvalue weighted by molar-refractivity contribution is 8.34. The van der Waals surface area contributed by atoms with Crippen molar-refractivity contribution in [3.8, 4) is 0 Å². The Bertz CT molecular complexity index is 485. The third-order valence-electron chi connectivity index (χ3n) is 4.31. The van der Waals surface area contributed by atoms with Gasteiger partial charge in [0.1, 0.15) is 6.29 Å². The first kappa shape index (κ1) is 17.1. The second kappa shape index (κ2) is 6.08. The molecule has 0 bridgehead atoms. The molecule has 21 heavy (non-hydrogen) atoms. The smallest absolute Gasteiger partial charge is 0.302 e. The Morgan fingerprint density at radius 3 is 2.29 bits per heavy atom. The van der Waals surface area contributed by atoms with Gasteiger partial charge in [0, 0.05) is 11.0 Å². The van der Waals surface area contributed by atoms with Gasteiger partial charge in [0.25, 0.3) is 0 Å². The zero-order valence-electron chi connectivity index (χ0n) is 11.5. The summed E-state index contributed by atoms with van der Waals surface area (Å²) in [4.78, 5) is 10.9. The van der Waals surface area contributed by atoms with Gasteiger partial charge in [-0.3, -0.25) is 0 Å². The van der Waals surface area contributed by atoms with Crippen LogP contribution in [0.4, 0.5) is 13.2 Å². The van der Waals surface area contributed by atoms with E-state index in [9.17, 15) is 26.4 Å². The second-order valence-corrected chi connectivity index (χ2v) is 10.6. The van der Waals surface area contributed by atoms with Crippen molar-refractivity contribution in [2.24, 2.45) is 5.92 Å². The van der Waals surface area contributed by atoms with Crippen molar-refractivity contribution in [3.05, 3.63) is 0 Å². The van der Waals surface area contributed by atoms with E-state index in [0.29, 0.717) is 19.1 Å². The second-order valence-electron chi connectivity index (χ2n) is 5.60. The highest BCUT2D eigenvalue weighted by Gasteiger charge is 2.54. The molecule has 2 fully saturated rings. The molecule has 4 nitrogen and oxygen atoms in total. The van der Waals surface area contributed by atoms with Gasteiger partial charge in [0.05, 0.1) is 5.75 Å². The molecule has 0 aromatic rings. The molecule has 1 aliphatic heterocycles. The summed E-state index contributed by atoms with van der Waals surface area (Å²) in [5.41, 5.74) is -5.43. The van der Waals surface area contributed by atoms with E-state index < -0.39 is 25.9 Å². The molecule has 0 spiro atoms. The molecule has 9 heteroatoms. The van der Waals surface area contributed by atoms with Gasteiger partial charge in [-0.1, -0.05) is 12.8 Å². The Hall–Kier alpha value is -0.280. The van der Waals surface area contributed by atoms with Crippen LogP contribution in [-0.2, 0) is 18.5 Å². The highest BCUT2D eigenvalue weighted by Crippen LogP contribution is 2.65. The molecule has 1 saturated heterocycles. The van der Waals surface area contributed by atoms with Crippen LogP contribution in [0.2, 0.25) is 0 Å². The fourth-order valence-corrected chi connectivity index (χ4v) is 9.27. The minimum atomic E-state index is -5.65. The summed E-state index contributed by atoms with van der Waals surface area (Å²) >= 11 is 0. The number of carbonyl (C=O) groups is 1. The maximum absolute atomic E-state index is 12.6. The fourth-order valence-electron chi connectivity index (χ4n) is 3.46. The normalized spacial score (nSPS) is 34.7. The van der Waals surface area contributed by atoms with Crippen molar-refractivity contribution in [1.82, 2.24) is 0 Å². The van der Waals surface area contributed by atoms with E-state index in [0.717, 1.165) is 25.7 Å². The summed E-state index contributed by atoms with van der Waals surface area (Å²) in [6, 6.07) is 0. The molecular formula is C12H19F3O4S2. The van der Waals surface area contributed by atoms with Gasteiger partial charge in [0.15, 0.2) is 0 Å². The van der Waals surface area contributed by atoms with Gasteiger partial charge >= 0.3 is 15.6 Å². The standard InChI is InChI=1S/C12H19F3O4S2/c13-12(14,15)21(17,18)19-20(9-7-16)8-3-6-11(20)10-4-1-2-5-10/h7,10-11H,1-6,8-9H2. The lowest BCUT2D eigenvalue weighted by molar-refractivity contribution is -0.105. The Labute approximate surface area is 124 Å².